The van der Waals surface area contributed by atoms with Gasteiger partial charge in [0.15, 0.2) is 11.5 Å². The molecule has 1 aromatic rings. The Morgan fingerprint density at radius 2 is 2.05 bits per heavy atom. The van der Waals surface area contributed by atoms with E-state index in [-0.39, 0.29) is 6.61 Å². The first-order valence-electron chi connectivity index (χ1n) is 7.56. The Balaban J connectivity index is 1.54. The molecule has 116 valence electrons. The monoisotopic (exact) mass is 294 g/mol. The topological polar surface area (TPSA) is 57.2 Å². The third-order valence-electron chi connectivity index (χ3n) is 3.81. The van der Waals surface area contributed by atoms with Crippen LogP contribution in [0.5, 0.6) is 11.5 Å². The molecular formula is C16H22O5. The van der Waals surface area contributed by atoms with Crippen LogP contribution < -0.4 is 9.47 Å². The van der Waals surface area contributed by atoms with Crippen LogP contribution in [0.1, 0.15) is 24.5 Å². The summed E-state index contributed by atoms with van der Waals surface area (Å²) in [6.45, 7) is 3.82. The van der Waals surface area contributed by atoms with Crippen LogP contribution in [0, 0.1) is 5.92 Å². The van der Waals surface area contributed by atoms with Crippen molar-refractivity contribution in [2.75, 3.05) is 39.6 Å². The van der Waals surface area contributed by atoms with Crippen molar-refractivity contribution in [2.24, 2.45) is 5.92 Å². The summed E-state index contributed by atoms with van der Waals surface area (Å²) in [6, 6.07) is 5.55. The molecule has 0 aliphatic carbocycles. The molecular weight excluding hydrogens is 272 g/mol. The molecule has 5 nitrogen and oxygen atoms in total. The Kier molecular flexibility index (Phi) is 4.95. The molecule has 3 rings (SSSR count). The molecule has 1 N–H and O–H groups in total. The van der Waals surface area contributed by atoms with Crippen molar-refractivity contribution in [3.63, 3.8) is 0 Å². The number of hydrogen-bond acceptors (Lipinski definition) is 5. The summed E-state index contributed by atoms with van der Waals surface area (Å²) in [4.78, 5) is 0. The van der Waals surface area contributed by atoms with E-state index in [1.54, 1.807) is 0 Å². The molecule has 0 saturated carbocycles. The summed E-state index contributed by atoms with van der Waals surface area (Å²) in [5, 5.41) is 10.2. The Hall–Kier alpha value is -1.30. The minimum atomic E-state index is -0.649. The number of ether oxygens (including phenoxy) is 4. The van der Waals surface area contributed by atoms with Gasteiger partial charge in [-0.3, -0.25) is 0 Å². The predicted molar refractivity (Wildman–Crippen MR) is 76.8 cm³/mol. The fourth-order valence-corrected chi connectivity index (χ4v) is 2.54. The van der Waals surface area contributed by atoms with Gasteiger partial charge < -0.3 is 24.1 Å². The van der Waals surface area contributed by atoms with Gasteiger partial charge in [0, 0.05) is 18.9 Å². The number of fused-ring (bicyclic) bond motifs is 1. The number of rotatable bonds is 5. The van der Waals surface area contributed by atoms with Crippen LogP contribution in [0.4, 0.5) is 0 Å². The molecule has 2 aliphatic rings. The van der Waals surface area contributed by atoms with Gasteiger partial charge in [-0.1, -0.05) is 6.07 Å². The van der Waals surface area contributed by atoms with E-state index in [9.17, 15) is 5.11 Å². The van der Waals surface area contributed by atoms with E-state index in [2.05, 4.69) is 0 Å². The molecule has 0 amide bonds. The molecule has 2 unspecified atom stereocenters. The van der Waals surface area contributed by atoms with Crippen molar-refractivity contribution in [3.8, 4) is 11.5 Å². The fourth-order valence-electron chi connectivity index (χ4n) is 2.54. The molecule has 1 saturated heterocycles. The van der Waals surface area contributed by atoms with E-state index < -0.39 is 6.10 Å². The van der Waals surface area contributed by atoms with E-state index >= 15 is 0 Å². The van der Waals surface area contributed by atoms with Crippen molar-refractivity contribution in [1.29, 1.82) is 0 Å². The molecule has 5 heteroatoms. The predicted octanol–water partition coefficient (Wildman–Crippen LogP) is 1.93. The fraction of sp³-hybridized carbons (Fsp3) is 0.625. The van der Waals surface area contributed by atoms with E-state index in [0.717, 1.165) is 37.4 Å². The minimum absolute atomic E-state index is 0.288. The smallest absolute Gasteiger partial charge is 0.161 e. The zero-order valence-electron chi connectivity index (χ0n) is 12.1. The lowest BCUT2D eigenvalue weighted by Crippen LogP contribution is -2.14. The van der Waals surface area contributed by atoms with Crippen LogP contribution in [0.15, 0.2) is 18.2 Å². The van der Waals surface area contributed by atoms with E-state index in [4.69, 9.17) is 18.9 Å². The number of aliphatic hydroxyl groups excluding tert-OH is 1. The lowest BCUT2D eigenvalue weighted by atomic mass is 10.1. The molecule has 2 heterocycles. The number of benzene rings is 1. The quantitative estimate of drug-likeness (QED) is 0.899. The first kappa shape index (κ1) is 14.6. The van der Waals surface area contributed by atoms with Crippen molar-refractivity contribution in [2.45, 2.75) is 18.9 Å². The minimum Gasteiger partial charge on any atom is -0.490 e. The second-order valence-electron chi connectivity index (χ2n) is 5.54. The van der Waals surface area contributed by atoms with Gasteiger partial charge in [-0.2, -0.15) is 0 Å². The standard InChI is InChI=1S/C16H22O5/c17-14(11-19-10-12-4-7-18-9-12)13-2-3-15-16(8-13)21-6-1-5-20-15/h2-3,8,12,14,17H,1,4-7,9-11H2. The average Bonchev–Trinajstić information content (AvgIpc) is 2.90. The van der Waals surface area contributed by atoms with Gasteiger partial charge in [0.25, 0.3) is 0 Å². The van der Waals surface area contributed by atoms with Gasteiger partial charge in [0.2, 0.25) is 0 Å². The molecule has 2 aliphatic heterocycles. The van der Waals surface area contributed by atoms with E-state index in [1.165, 1.54) is 0 Å². The van der Waals surface area contributed by atoms with Crippen LogP contribution in [-0.2, 0) is 9.47 Å². The van der Waals surface area contributed by atoms with Crippen molar-refractivity contribution in [1.82, 2.24) is 0 Å². The van der Waals surface area contributed by atoms with Gasteiger partial charge >= 0.3 is 0 Å². The summed E-state index contributed by atoms with van der Waals surface area (Å²) in [6.07, 6.45) is 1.27. The molecule has 0 spiro atoms. The summed E-state index contributed by atoms with van der Waals surface area (Å²) in [5.41, 5.74) is 0.793. The molecule has 21 heavy (non-hydrogen) atoms. The van der Waals surface area contributed by atoms with Crippen molar-refractivity contribution >= 4 is 0 Å². The zero-order chi connectivity index (χ0) is 14.5. The highest BCUT2D eigenvalue weighted by Gasteiger charge is 2.18. The molecule has 0 aromatic heterocycles. The van der Waals surface area contributed by atoms with Gasteiger partial charge in [0.05, 0.1) is 33.0 Å². The summed E-state index contributed by atoms with van der Waals surface area (Å²) in [7, 11) is 0. The van der Waals surface area contributed by atoms with Crippen molar-refractivity contribution in [3.05, 3.63) is 23.8 Å². The van der Waals surface area contributed by atoms with Crippen LogP contribution in [0.2, 0.25) is 0 Å². The highest BCUT2D eigenvalue weighted by Crippen LogP contribution is 2.32. The number of hydrogen-bond donors (Lipinski definition) is 1. The average molecular weight is 294 g/mol. The summed E-state index contributed by atoms with van der Waals surface area (Å²) in [5.74, 6) is 1.90. The molecule has 2 atom stereocenters. The highest BCUT2D eigenvalue weighted by atomic mass is 16.5. The van der Waals surface area contributed by atoms with Crippen LogP contribution >= 0.6 is 0 Å². The normalized spacial score (nSPS) is 22.8. The lowest BCUT2D eigenvalue weighted by Gasteiger charge is -2.15. The molecule has 0 bridgehead atoms. The zero-order valence-corrected chi connectivity index (χ0v) is 12.1. The van der Waals surface area contributed by atoms with Gasteiger partial charge in [0.1, 0.15) is 6.10 Å². The second kappa shape index (κ2) is 7.11. The summed E-state index contributed by atoms with van der Waals surface area (Å²) < 4.78 is 22.1. The third-order valence-corrected chi connectivity index (χ3v) is 3.81. The van der Waals surface area contributed by atoms with Crippen molar-refractivity contribution < 1.29 is 24.1 Å². The first-order valence-corrected chi connectivity index (χ1v) is 7.56. The van der Waals surface area contributed by atoms with Crippen LogP contribution in [0.3, 0.4) is 0 Å². The van der Waals surface area contributed by atoms with Crippen LogP contribution in [-0.4, -0.2) is 44.7 Å². The third kappa shape index (κ3) is 3.87. The Labute approximate surface area is 124 Å². The van der Waals surface area contributed by atoms with Crippen LogP contribution in [0.25, 0.3) is 0 Å². The van der Waals surface area contributed by atoms with Gasteiger partial charge in [-0.05, 0) is 24.1 Å². The Morgan fingerprint density at radius 1 is 1.19 bits per heavy atom. The van der Waals surface area contributed by atoms with Gasteiger partial charge in [-0.15, -0.1) is 0 Å². The maximum absolute atomic E-state index is 10.2. The largest absolute Gasteiger partial charge is 0.490 e. The van der Waals surface area contributed by atoms with E-state index in [1.807, 2.05) is 18.2 Å². The maximum Gasteiger partial charge on any atom is 0.161 e. The second-order valence-corrected chi connectivity index (χ2v) is 5.54. The summed E-state index contributed by atoms with van der Waals surface area (Å²) >= 11 is 0. The Bertz CT molecular complexity index is 456. The van der Waals surface area contributed by atoms with Gasteiger partial charge in [-0.25, -0.2) is 0 Å². The SMILES string of the molecule is OC(COCC1CCOC1)c1ccc2c(c1)OCCCO2. The first-order chi connectivity index (χ1) is 10.3. The maximum atomic E-state index is 10.2. The lowest BCUT2D eigenvalue weighted by molar-refractivity contribution is 0.0184. The molecule has 1 fully saturated rings. The molecule has 1 aromatic carbocycles. The highest BCUT2D eigenvalue weighted by molar-refractivity contribution is 5.44. The van der Waals surface area contributed by atoms with E-state index in [0.29, 0.717) is 31.5 Å². The molecule has 0 radical (unpaired) electrons. The Morgan fingerprint density at radius 3 is 2.86 bits per heavy atom. The number of aliphatic hydroxyl groups is 1.